The lowest BCUT2D eigenvalue weighted by Gasteiger charge is -2.29. The van der Waals surface area contributed by atoms with E-state index >= 15 is 0 Å². The van der Waals surface area contributed by atoms with Gasteiger partial charge in [-0.2, -0.15) is 0 Å². The number of carbonyl (C=O) groups is 2. The maximum absolute atomic E-state index is 12.9. The summed E-state index contributed by atoms with van der Waals surface area (Å²) in [6.07, 6.45) is 4.67. The van der Waals surface area contributed by atoms with E-state index < -0.39 is 0 Å². The fraction of sp³-hybridized carbons (Fsp3) is 0.600. The van der Waals surface area contributed by atoms with Crippen LogP contribution in [0.3, 0.4) is 0 Å². The van der Waals surface area contributed by atoms with Crippen LogP contribution >= 0.6 is 11.8 Å². The van der Waals surface area contributed by atoms with Gasteiger partial charge in [0.15, 0.2) is 11.0 Å². The Morgan fingerprint density at radius 3 is 2.64 bits per heavy atom. The Balaban J connectivity index is 1.68. The summed E-state index contributed by atoms with van der Waals surface area (Å²) in [7, 11) is 0. The van der Waals surface area contributed by atoms with Gasteiger partial charge in [0.05, 0.1) is 11.8 Å². The molecule has 1 aromatic heterocycles. The molecule has 3 rings (SSSR count). The zero-order chi connectivity index (χ0) is 24.0. The summed E-state index contributed by atoms with van der Waals surface area (Å²) in [5.74, 6) is 1.60. The second-order valence-corrected chi connectivity index (χ2v) is 10.3. The summed E-state index contributed by atoms with van der Waals surface area (Å²) >= 11 is 1.40. The molecule has 7 nitrogen and oxygen atoms in total. The number of nitrogens with one attached hydrogen (secondary N) is 2. The molecule has 0 unspecified atom stereocenters. The van der Waals surface area contributed by atoms with Crippen molar-refractivity contribution < 1.29 is 9.59 Å². The molecule has 2 N–H and O–H groups in total. The maximum Gasteiger partial charge on any atom is 0.251 e. The van der Waals surface area contributed by atoms with Crippen LogP contribution in [0.1, 0.15) is 81.2 Å². The van der Waals surface area contributed by atoms with E-state index in [2.05, 4.69) is 41.6 Å². The quantitative estimate of drug-likeness (QED) is 0.525. The monoisotopic (exact) mass is 471 g/mol. The maximum atomic E-state index is 12.9. The zero-order valence-electron chi connectivity index (χ0n) is 20.4. The Hall–Kier alpha value is -2.35. The van der Waals surface area contributed by atoms with Crippen LogP contribution in [0.2, 0.25) is 0 Å². The number of nitrogens with zero attached hydrogens (tertiary/aromatic N) is 3. The van der Waals surface area contributed by atoms with Gasteiger partial charge in [-0.15, -0.1) is 10.2 Å². The topological polar surface area (TPSA) is 88.9 Å². The van der Waals surface area contributed by atoms with Crippen LogP contribution in [0.25, 0.3) is 0 Å². The fourth-order valence-electron chi connectivity index (χ4n) is 4.38. The van der Waals surface area contributed by atoms with E-state index in [1.54, 1.807) is 0 Å². The zero-order valence-corrected chi connectivity index (χ0v) is 21.2. The number of aryl methyl sites for hydroxylation is 1. The van der Waals surface area contributed by atoms with Crippen molar-refractivity contribution in [2.45, 2.75) is 84.1 Å². The smallest absolute Gasteiger partial charge is 0.251 e. The summed E-state index contributed by atoms with van der Waals surface area (Å²) < 4.78 is 2.00. The van der Waals surface area contributed by atoms with E-state index in [1.807, 2.05) is 42.7 Å². The second-order valence-electron chi connectivity index (χ2n) is 9.37. The van der Waals surface area contributed by atoms with Crippen molar-refractivity contribution in [1.82, 2.24) is 25.4 Å². The van der Waals surface area contributed by atoms with Crippen molar-refractivity contribution in [2.75, 3.05) is 5.75 Å². The molecule has 1 aromatic carbocycles. The average molecular weight is 472 g/mol. The van der Waals surface area contributed by atoms with Crippen LogP contribution in [-0.4, -0.2) is 38.4 Å². The molecule has 0 radical (unpaired) electrons. The van der Waals surface area contributed by atoms with E-state index in [0.717, 1.165) is 17.8 Å². The predicted octanol–water partition coefficient (Wildman–Crippen LogP) is 4.52. The summed E-state index contributed by atoms with van der Waals surface area (Å²) in [5, 5.41) is 15.8. The molecule has 3 atom stereocenters. The molecule has 2 aromatic rings. The SMILES string of the molecule is CCn1c(SCC(=O)N[C@@H]2CCCC[C@@H]2C)nnc1[C@@H](NC(=O)c1cccc(C)c1)C(C)C. The van der Waals surface area contributed by atoms with E-state index in [1.165, 1.54) is 31.0 Å². The van der Waals surface area contributed by atoms with E-state index in [9.17, 15) is 9.59 Å². The summed E-state index contributed by atoms with van der Waals surface area (Å²) in [6, 6.07) is 7.54. The molecule has 0 saturated heterocycles. The summed E-state index contributed by atoms with van der Waals surface area (Å²) in [6.45, 7) is 11.0. The fourth-order valence-corrected chi connectivity index (χ4v) is 5.20. The Kier molecular flexibility index (Phi) is 8.95. The van der Waals surface area contributed by atoms with Gasteiger partial charge in [-0.1, -0.05) is 63.1 Å². The molecule has 1 heterocycles. The second kappa shape index (κ2) is 11.7. The number of amides is 2. The third-order valence-corrected chi connectivity index (χ3v) is 7.33. The highest BCUT2D eigenvalue weighted by Gasteiger charge is 2.27. The van der Waals surface area contributed by atoms with Crippen molar-refractivity contribution in [2.24, 2.45) is 11.8 Å². The van der Waals surface area contributed by atoms with Gasteiger partial charge in [-0.05, 0) is 50.7 Å². The molecule has 8 heteroatoms. The van der Waals surface area contributed by atoms with Crippen LogP contribution in [0.15, 0.2) is 29.4 Å². The number of hydrogen-bond donors (Lipinski definition) is 2. The lowest BCUT2D eigenvalue weighted by Crippen LogP contribution is -2.41. The van der Waals surface area contributed by atoms with Crippen molar-refractivity contribution >= 4 is 23.6 Å². The van der Waals surface area contributed by atoms with Gasteiger partial charge in [-0.25, -0.2) is 0 Å². The van der Waals surface area contributed by atoms with Crippen molar-refractivity contribution in [1.29, 1.82) is 0 Å². The number of benzene rings is 1. The van der Waals surface area contributed by atoms with Crippen LogP contribution in [0.4, 0.5) is 0 Å². The minimum Gasteiger partial charge on any atom is -0.352 e. The Labute approximate surface area is 201 Å². The minimum atomic E-state index is -0.281. The van der Waals surface area contributed by atoms with Gasteiger partial charge >= 0.3 is 0 Å². The first-order valence-electron chi connectivity index (χ1n) is 12.0. The molecule has 2 amide bonds. The van der Waals surface area contributed by atoms with Gasteiger partial charge in [0, 0.05) is 18.2 Å². The van der Waals surface area contributed by atoms with Crippen molar-refractivity contribution in [3.8, 4) is 0 Å². The first-order chi connectivity index (χ1) is 15.8. The molecule has 1 aliphatic carbocycles. The molecule has 33 heavy (non-hydrogen) atoms. The highest BCUT2D eigenvalue weighted by molar-refractivity contribution is 7.99. The van der Waals surface area contributed by atoms with Crippen LogP contribution < -0.4 is 10.6 Å². The van der Waals surface area contributed by atoms with E-state index in [0.29, 0.717) is 28.9 Å². The first kappa shape index (κ1) is 25.3. The number of carbonyl (C=O) groups excluding carboxylic acids is 2. The van der Waals surface area contributed by atoms with E-state index in [4.69, 9.17) is 0 Å². The van der Waals surface area contributed by atoms with Crippen molar-refractivity contribution in [3.05, 3.63) is 41.2 Å². The van der Waals surface area contributed by atoms with Crippen LogP contribution in [-0.2, 0) is 11.3 Å². The third-order valence-electron chi connectivity index (χ3n) is 6.36. The summed E-state index contributed by atoms with van der Waals surface area (Å²) in [4.78, 5) is 25.5. The van der Waals surface area contributed by atoms with E-state index in [-0.39, 0.29) is 29.8 Å². The normalized spacial score (nSPS) is 19.3. The van der Waals surface area contributed by atoms with Gasteiger partial charge in [-0.3, -0.25) is 9.59 Å². The predicted molar refractivity (Wildman–Crippen MR) is 132 cm³/mol. The van der Waals surface area contributed by atoms with Crippen molar-refractivity contribution in [3.63, 3.8) is 0 Å². The minimum absolute atomic E-state index is 0.0408. The summed E-state index contributed by atoms with van der Waals surface area (Å²) in [5.41, 5.74) is 1.67. The molecule has 0 aliphatic heterocycles. The standard InChI is InChI=1S/C25H37N5O2S/c1-6-30-23(22(16(2)3)27-24(32)19-12-9-10-17(4)14-19)28-29-25(30)33-15-21(31)26-20-13-8-7-11-18(20)5/h9-10,12,14,16,18,20,22H,6-8,11,13,15H2,1-5H3,(H,26,31)(H,27,32)/t18-,20+,22-/m0/s1. The molecule has 180 valence electrons. The van der Waals surface area contributed by atoms with Gasteiger partial charge in [0.1, 0.15) is 0 Å². The Morgan fingerprint density at radius 1 is 1.21 bits per heavy atom. The van der Waals surface area contributed by atoms with Crippen LogP contribution in [0, 0.1) is 18.8 Å². The molecular weight excluding hydrogens is 434 g/mol. The number of thioether (sulfide) groups is 1. The van der Waals surface area contributed by atoms with Gasteiger partial charge < -0.3 is 15.2 Å². The highest BCUT2D eigenvalue weighted by atomic mass is 32.2. The van der Waals surface area contributed by atoms with Gasteiger partial charge in [0.2, 0.25) is 5.91 Å². The van der Waals surface area contributed by atoms with Gasteiger partial charge in [0.25, 0.3) is 5.91 Å². The lowest BCUT2D eigenvalue weighted by atomic mass is 9.86. The molecule has 1 saturated carbocycles. The average Bonchev–Trinajstić information content (AvgIpc) is 3.19. The van der Waals surface area contributed by atoms with Crippen LogP contribution in [0.5, 0.6) is 0 Å². The molecule has 0 bridgehead atoms. The lowest BCUT2D eigenvalue weighted by molar-refractivity contribution is -0.119. The molecular formula is C25H37N5O2S. The first-order valence-corrected chi connectivity index (χ1v) is 13.0. The number of aromatic nitrogens is 3. The largest absolute Gasteiger partial charge is 0.352 e. The molecule has 1 aliphatic rings. The molecule has 0 spiro atoms. The number of rotatable bonds is 9. The molecule has 1 fully saturated rings. The number of hydrogen-bond acceptors (Lipinski definition) is 5. The Bertz CT molecular complexity index is 958. The Morgan fingerprint density at radius 2 is 1.97 bits per heavy atom. The highest BCUT2D eigenvalue weighted by Crippen LogP contribution is 2.27. The third kappa shape index (κ3) is 6.59.